The molecular formula is C21H33N3O2. The zero-order valence-corrected chi connectivity index (χ0v) is 16.2. The molecule has 1 saturated heterocycles. The molecule has 2 aliphatic rings. The molecule has 0 radical (unpaired) electrons. The van der Waals surface area contributed by atoms with E-state index in [4.69, 9.17) is 14.5 Å². The summed E-state index contributed by atoms with van der Waals surface area (Å²) in [5.74, 6) is 2.74. The number of piperidine rings is 1. The van der Waals surface area contributed by atoms with Crippen LogP contribution in [0.3, 0.4) is 0 Å². The van der Waals surface area contributed by atoms with E-state index >= 15 is 0 Å². The van der Waals surface area contributed by atoms with Gasteiger partial charge in [0, 0.05) is 31.8 Å². The van der Waals surface area contributed by atoms with E-state index in [1.54, 1.807) is 0 Å². The van der Waals surface area contributed by atoms with Crippen molar-refractivity contribution in [2.24, 2.45) is 10.9 Å². The Morgan fingerprint density at radius 3 is 2.62 bits per heavy atom. The van der Waals surface area contributed by atoms with E-state index in [0.717, 1.165) is 68.9 Å². The number of hydrogen-bond donors (Lipinski definition) is 1. The number of nitrogens with one attached hydrogen (secondary N) is 1. The molecule has 1 aliphatic heterocycles. The number of nitrogens with zero attached hydrogens (tertiary/aromatic N) is 2. The van der Waals surface area contributed by atoms with Crippen LogP contribution in [0.4, 0.5) is 0 Å². The predicted octanol–water partition coefficient (Wildman–Crippen LogP) is 3.44. The molecule has 1 N–H and O–H groups in total. The van der Waals surface area contributed by atoms with Crippen molar-refractivity contribution in [1.82, 2.24) is 10.2 Å². The lowest BCUT2D eigenvalue weighted by atomic mass is 10.1. The third-order valence-electron chi connectivity index (χ3n) is 5.02. The summed E-state index contributed by atoms with van der Waals surface area (Å²) in [5.41, 5.74) is 1.16. The summed E-state index contributed by atoms with van der Waals surface area (Å²) >= 11 is 0. The predicted molar refractivity (Wildman–Crippen MR) is 106 cm³/mol. The zero-order valence-electron chi connectivity index (χ0n) is 16.2. The van der Waals surface area contributed by atoms with Crippen molar-refractivity contribution in [3.05, 3.63) is 29.8 Å². The topological polar surface area (TPSA) is 46.1 Å². The zero-order chi connectivity index (χ0) is 18.2. The van der Waals surface area contributed by atoms with Crippen LogP contribution < -0.4 is 10.1 Å². The molecule has 0 bridgehead atoms. The van der Waals surface area contributed by atoms with Gasteiger partial charge in [0.2, 0.25) is 0 Å². The number of benzene rings is 1. The van der Waals surface area contributed by atoms with Gasteiger partial charge in [0.25, 0.3) is 0 Å². The maximum absolute atomic E-state index is 6.02. The van der Waals surface area contributed by atoms with Gasteiger partial charge in [-0.2, -0.15) is 0 Å². The second-order valence-corrected chi connectivity index (χ2v) is 7.17. The molecule has 5 nitrogen and oxygen atoms in total. The van der Waals surface area contributed by atoms with E-state index in [1.165, 1.54) is 12.8 Å². The third kappa shape index (κ3) is 5.63. The Kier molecular flexibility index (Phi) is 7.18. The number of para-hydroxylation sites is 1. The molecule has 0 aromatic heterocycles. The summed E-state index contributed by atoms with van der Waals surface area (Å²) in [5, 5.41) is 3.44. The van der Waals surface area contributed by atoms with Crippen LogP contribution in [0.2, 0.25) is 0 Å². The maximum atomic E-state index is 6.02. The van der Waals surface area contributed by atoms with Crippen LogP contribution in [-0.4, -0.2) is 49.8 Å². The number of hydrogen-bond acceptors (Lipinski definition) is 3. The molecule has 0 atom stereocenters. The summed E-state index contributed by atoms with van der Waals surface area (Å²) in [4.78, 5) is 7.25. The molecule has 0 unspecified atom stereocenters. The monoisotopic (exact) mass is 359 g/mol. The van der Waals surface area contributed by atoms with E-state index in [2.05, 4.69) is 42.3 Å². The highest BCUT2D eigenvalue weighted by Gasteiger charge is 2.23. The van der Waals surface area contributed by atoms with Gasteiger partial charge in [-0.1, -0.05) is 18.2 Å². The maximum Gasteiger partial charge on any atom is 0.194 e. The van der Waals surface area contributed by atoms with Crippen molar-refractivity contribution in [2.75, 3.05) is 32.8 Å². The Bertz CT molecular complexity index is 578. The second kappa shape index (κ2) is 9.81. The summed E-state index contributed by atoms with van der Waals surface area (Å²) in [6.07, 6.45) is 5.15. The molecule has 1 saturated carbocycles. The first kappa shape index (κ1) is 19.0. The molecule has 1 aliphatic carbocycles. The van der Waals surface area contributed by atoms with Gasteiger partial charge in [-0.3, -0.25) is 0 Å². The Morgan fingerprint density at radius 2 is 1.92 bits per heavy atom. The van der Waals surface area contributed by atoms with Crippen LogP contribution in [0, 0.1) is 5.92 Å². The highest BCUT2D eigenvalue weighted by molar-refractivity contribution is 5.80. The highest BCUT2D eigenvalue weighted by Crippen LogP contribution is 2.30. The SMILES string of the molecule is CCNC(=NCc1ccccc1OCC1CC1)N1CCC(OCC)CC1. The van der Waals surface area contributed by atoms with Gasteiger partial charge in [-0.05, 0) is 51.5 Å². The standard InChI is InChI=1S/C21H33N3O2/c1-3-22-21(24-13-11-19(12-14-24)25-4-2)23-15-18-7-5-6-8-20(18)26-16-17-9-10-17/h5-8,17,19H,3-4,9-16H2,1-2H3,(H,22,23). The molecule has 1 aromatic rings. The summed E-state index contributed by atoms with van der Waals surface area (Å²) in [6.45, 7) is 9.35. The molecule has 2 fully saturated rings. The number of guanidine groups is 1. The lowest BCUT2D eigenvalue weighted by Crippen LogP contribution is -2.47. The van der Waals surface area contributed by atoms with Crippen molar-refractivity contribution in [3.8, 4) is 5.75 Å². The van der Waals surface area contributed by atoms with Crippen LogP contribution in [0.25, 0.3) is 0 Å². The molecule has 144 valence electrons. The third-order valence-corrected chi connectivity index (χ3v) is 5.02. The quantitative estimate of drug-likeness (QED) is 0.570. The first-order valence-electron chi connectivity index (χ1n) is 10.2. The van der Waals surface area contributed by atoms with E-state index in [-0.39, 0.29) is 0 Å². The van der Waals surface area contributed by atoms with Gasteiger partial charge in [0.1, 0.15) is 5.75 Å². The largest absolute Gasteiger partial charge is 0.493 e. The number of aliphatic imine (C=N–C) groups is 1. The minimum Gasteiger partial charge on any atom is -0.493 e. The lowest BCUT2D eigenvalue weighted by molar-refractivity contribution is 0.0263. The Balaban J connectivity index is 1.60. The Labute approximate surface area is 157 Å². The van der Waals surface area contributed by atoms with Crippen LogP contribution >= 0.6 is 0 Å². The van der Waals surface area contributed by atoms with Crippen LogP contribution in [0.1, 0.15) is 45.1 Å². The second-order valence-electron chi connectivity index (χ2n) is 7.17. The smallest absolute Gasteiger partial charge is 0.194 e. The van der Waals surface area contributed by atoms with E-state index < -0.39 is 0 Å². The van der Waals surface area contributed by atoms with Crippen molar-refractivity contribution in [2.45, 2.75) is 52.2 Å². The lowest BCUT2D eigenvalue weighted by Gasteiger charge is -2.34. The number of ether oxygens (including phenoxy) is 2. The molecule has 3 rings (SSSR count). The average molecular weight is 360 g/mol. The Hall–Kier alpha value is -1.75. The minimum atomic E-state index is 0.399. The van der Waals surface area contributed by atoms with Crippen LogP contribution in [0.5, 0.6) is 5.75 Å². The molecule has 5 heteroatoms. The first-order valence-corrected chi connectivity index (χ1v) is 10.2. The first-order chi connectivity index (χ1) is 12.8. The highest BCUT2D eigenvalue weighted by atomic mass is 16.5. The molecule has 1 aromatic carbocycles. The van der Waals surface area contributed by atoms with E-state index in [0.29, 0.717) is 12.6 Å². The van der Waals surface area contributed by atoms with Gasteiger partial charge in [0.15, 0.2) is 5.96 Å². The fourth-order valence-electron chi connectivity index (χ4n) is 3.32. The van der Waals surface area contributed by atoms with Crippen molar-refractivity contribution in [1.29, 1.82) is 0 Å². The summed E-state index contributed by atoms with van der Waals surface area (Å²) in [7, 11) is 0. The molecule has 1 heterocycles. The molecule has 0 amide bonds. The molecular weight excluding hydrogens is 326 g/mol. The van der Waals surface area contributed by atoms with Gasteiger partial charge in [-0.25, -0.2) is 4.99 Å². The fraction of sp³-hybridized carbons (Fsp3) is 0.667. The van der Waals surface area contributed by atoms with Crippen LogP contribution in [-0.2, 0) is 11.3 Å². The van der Waals surface area contributed by atoms with Crippen LogP contribution in [0.15, 0.2) is 29.3 Å². The molecule has 26 heavy (non-hydrogen) atoms. The molecule has 0 spiro atoms. The van der Waals surface area contributed by atoms with E-state index in [9.17, 15) is 0 Å². The normalized spacial score (nSPS) is 18.8. The average Bonchev–Trinajstić information content (AvgIpc) is 3.50. The summed E-state index contributed by atoms with van der Waals surface area (Å²) in [6, 6.07) is 8.29. The van der Waals surface area contributed by atoms with E-state index in [1.807, 2.05) is 6.07 Å². The van der Waals surface area contributed by atoms with Gasteiger partial charge in [-0.15, -0.1) is 0 Å². The fourth-order valence-corrected chi connectivity index (χ4v) is 3.32. The van der Waals surface area contributed by atoms with Crippen molar-refractivity contribution >= 4 is 5.96 Å². The van der Waals surface area contributed by atoms with Crippen molar-refractivity contribution in [3.63, 3.8) is 0 Å². The van der Waals surface area contributed by atoms with Crippen molar-refractivity contribution < 1.29 is 9.47 Å². The minimum absolute atomic E-state index is 0.399. The summed E-state index contributed by atoms with van der Waals surface area (Å²) < 4.78 is 11.8. The van der Waals surface area contributed by atoms with Gasteiger partial charge >= 0.3 is 0 Å². The number of likely N-dealkylation sites (tertiary alicyclic amines) is 1. The number of rotatable bonds is 8. The Morgan fingerprint density at radius 1 is 1.15 bits per heavy atom. The van der Waals surface area contributed by atoms with Gasteiger partial charge < -0.3 is 19.7 Å². The van der Waals surface area contributed by atoms with Gasteiger partial charge in [0.05, 0.1) is 19.3 Å².